The Hall–Kier alpha value is -0.910. The molecule has 1 aromatic heterocycles. The van der Waals surface area contributed by atoms with E-state index in [0.29, 0.717) is 6.54 Å². The van der Waals surface area contributed by atoms with Crippen molar-refractivity contribution in [2.75, 3.05) is 33.8 Å². The van der Waals surface area contributed by atoms with Gasteiger partial charge in [0.2, 0.25) is 0 Å². The summed E-state index contributed by atoms with van der Waals surface area (Å²) in [5, 5.41) is 17.0. The van der Waals surface area contributed by atoms with Crippen LogP contribution in [0.5, 0.6) is 0 Å². The van der Waals surface area contributed by atoms with Gasteiger partial charge in [0, 0.05) is 30.9 Å². The Morgan fingerprint density at radius 3 is 2.50 bits per heavy atom. The molecule has 2 N–H and O–H groups in total. The van der Waals surface area contributed by atoms with E-state index in [1.54, 1.807) is 0 Å². The highest BCUT2D eigenvalue weighted by molar-refractivity contribution is 5.24. The Labute approximate surface area is 123 Å². The summed E-state index contributed by atoms with van der Waals surface area (Å²) < 4.78 is 1.89. The molecule has 0 saturated heterocycles. The van der Waals surface area contributed by atoms with Crippen LogP contribution in [0.1, 0.15) is 30.8 Å². The Balaban J connectivity index is 2.58. The lowest BCUT2D eigenvalue weighted by Gasteiger charge is -2.28. The van der Waals surface area contributed by atoms with Crippen molar-refractivity contribution in [3.63, 3.8) is 0 Å². The third-order valence-corrected chi connectivity index (χ3v) is 3.49. The summed E-state index contributed by atoms with van der Waals surface area (Å²) in [5.74, 6) is 0. The smallest absolute Gasteiger partial charge is 0.0644 e. The van der Waals surface area contributed by atoms with E-state index >= 15 is 0 Å². The van der Waals surface area contributed by atoms with Crippen LogP contribution in [0, 0.1) is 19.3 Å². The van der Waals surface area contributed by atoms with Crippen molar-refractivity contribution in [3.8, 4) is 0 Å². The molecule has 0 radical (unpaired) electrons. The molecule has 0 bridgehead atoms. The van der Waals surface area contributed by atoms with Gasteiger partial charge < -0.3 is 15.3 Å². The number of nitrogens with zero attached hydrogens (tertiary/aromatic N) is 3. The SMILES string of the molecule is Cc1nn(CCO)c(C)c1CNCC(C)(C)CN(C)C. The number of aryl methyl sites for hydroxylation is 1. The van der Waals surface area contributed by atoms with Gasteiger partial charge in [0.1, 0.15) is 0 Å². The lowest BCUT2D eigenvalue weighted by molar-refractivity contribution is 0.232. The molecule has 0 fully saturated rings. The average Bonchev–Trinajstić information content (AvgIpc) is 2.55. The predicted octanol–water partition coefficient (Wildman–Crippen LogP) is 1.17. The monoisotopic (exact) mass is 282 g/mol. The normalized spacial score (nSPS) is 12.4. The second-order valence-corrected chi connectivity index (χ2v) is 6.60. The number of nitrogens with one attached hydrogen (secondary N) is 1. The molecule has 5 heteroatoms. The fourth-order valence-corrected chi connectivity index (χ4v) is 2.74. The van der Waals surface area contributed by atoms with E-state index in [1.807, 2.05) is 11.6 Å². The van der Waals surface area contributed by atoms with E-state index in [2.05, 4.69) is 50.2 Å². The van der Waals surface area contributed by atoms with Crippen LogP contribution in [0.4, 0.5) is 0 Å². The van der Waals surface area contributed by atoms with Crippen molar-refractivity contribution in [1.82, 2.24) is 20.0 Å². The van der Waals surface area contributed by atoms with E-state index in [-0.39, 0.29) is 12.0 Å². The van der Waals surface area contributed by atoms with Crippen LogP contribution in [0.2, 0.25) is 0 Å². The second-order valence-electron chi connectivity index (χ2n) is 6.60. The van der Waals surface area contributed by atoms with Crippen molar-refractivity contribution in [3.05, 3.63) is 17.0 Å². The van der Waals surface area contributed by atoms with E-state index in [0.717, 1.165) is 31.0 Å². The van der Waals surface area contributed by atoms with Crippen LogP contribution in [0.15, 0.2) is 0 Å². The first kappa shape index (κ1) is 17.1. The average molecular weight is 282 g/mol. The van der Waals surface area contributed by atoms with Crippen molar-refractivity contribution < 1.29 is 5.11 Å². The minimum absolute atomic E-state index is 0.130. The lowest BCUT2D eigenvalue weighted by atomic mass is 9.93. The molecule has 5 nitrogen and oxygen atoms in total. The molecule has 0 amide bonds. The summed E-state index contributed by atoms with van der Waals surface area (Å²) >= 11 is 0. The quantitative estimate of drug-likeness (QED) is 0.751. The fourth-order valence-electron chi connectivity index (χ4n) is 2.74. The van der Waals surface area contributed by atoms with Crippen LogP contribution >= 0.6 is 0 Å². The number of aliphatic hydroxyl groups excluding tert-OH is 1. The minimum Gasteiger partial charge on any atom is -0.394 e. The lowest BCUT2D eigenvalue weighted by Crippen LogP contribution is -2.37. The van der Waals surface area contributed by atoms with E-state index in [9.17, 15) is 0 Å². The van der Waals surface area contributed by atoms with Gasteiger partial charge in [-0.25, -0.2) is 0 Å². The molecule has 0 aliphatic carbocycles. The first-order chi connectivity index (χ1) is 9.26. The molecule has 0 aliphatic rings. The molecule has 20 heavy (non-hydrogen) atoms. The maximum atomic E-state index is 9.03. The molecule has 0 spiro atoms. The summed E-state index contributed by atoms with van der Waals surface area (Å²) in [6.07, 6.45) is 0. The van der Waals surface area contributed by atoms with Crippen molar-refractivity contribution in [2.45, 2.75) is 40.8 Å². The molecule has 1 heterocycles. The highest BCUT2D eigenvalue weighted by atomic mass is 16.3. The highest BCUT2D eigenvalue weighted by Crippen LogP contribution is 2.16. The van der Waals surface area contributed by atoms with E-state index in [1.165, 1.54) is 5.56 Å². The number of aromatic nitrogens is 2. The molecule has 0 unspecified atom stereocenters. The number of hydrogen-bond donors (Lipinski definition) is 2. The van der Waals surface area contributed by atoms with Gasteiger partial charge >= 0.3 is 0 Å². The Morgan fingerprint density at radius 2 is 1.95 bits per heavy atom. The van der Waals surface area contributed by atoms with E-state index < -0.39 is 0 Å². The van der Waals surface area contributed by atoms with Crippen molar-refractivity contribution in [2.24, 2.45) is 5.41 Å². The molecule has 0 aliphatic heterocycles. The van der Waals surface area contributed by atoms with Crippen molar-refractivity contribution >= 4 is 0 Å². The van der Waals surface area contributed by atoms with Gasteiger partial charge in [0.25, 0.3) is 0 Å². The zero-order chi connectivity index (χ0) is 15.3. The number of aliphatic hydroxyl groups is 1. The van der Waals surface area contributed by atoms with Crippen LogP contribution < -0.4 is 5.32 Å². The molecular weight excluding hydrogens is 252 g/mol. The first-order valence-corrected chi connectivity index (χ1v) is 7.26. The van der Waals surface area contributed by atoms with Gasteiger partial charge in [0.15, 0.2) is 0 Å². The predicted molar refractivity (Wildman–Crippen MR) is 82.8 cm³/mol. The Bertz CT molecular complexity index is 424. The Kier molecular flexibility index (Phi) is 6.17. The summed E-state index contributed by atoms with van der Waals surface area (Å²) in [6, 6.07) is 0. The summed E-state index contributed by atoms with van der Waals surface area (Å²) in [4.78, 5) is 2.22. The zero-order valence-electron chi connectivity index (χ0n) is 13.8. The molecule has 116 valence electrons. The highest BCUT2D eigenvalue weighted by Gasteiger charge is 2.19. The van der Waals surface area contributed by atoms with Crippen molar-refractivity contribution in [1.29, 1.82) is 0 Å². The molecule has 0 aromatic carbocycles. The van der Waals surface area contributed by atoms with Gasteiger partial charge in [-0.15, -0.1) is 0 Å². The van der Waals surface area contributed by atoms with Crippen LogP contribution in [-0.2, 0) is 13.1 Å². The van der Waals surface area contributed by atoms with Gasteiger partial charge in [-0.05, 0) is 33.4 Å². The molecule has 0 atom stereocenters. The minimum atomic E-state index is 0.130. The molecular formula is C15H30N4O. The van der Waals surface area contributed by atoms with Gasteiger partial charge in [-0.1, -0.05) is 13.8 Å². The summed E-state index contributed by atoms with van der Waals surface area (Å²) in [6.45, 7) is 12.2. The molecule has 1 aromatic rings. The van der Waals surface area contributed by atoms with Crippen LogP contribution in [-0.4, -0.2) is 53.6 Å². The Morgan fingerprint density at radius 1 is 1.30 bits per heavy atom. The van der Waals surface area contributed by atoms with Gasteiger partial charge in [-0.3, -0.25) is 4.68 Å². The third-order valence-electron chi connectivity index (χ3n) is 3.49. The maximum absolute atomic E-state index is 9.03. The van der Waals surface area contributed by atoms with E-state index in [4.69, 9.17) is 5.11 Å². The fraction of sp³-hybridized carbons (Fsp3) is 0.800. The summed E-state index contributed by atoms with van der Waals surface area (Å²) in [5.41, 5.74) is 3.69. The largest absolute Gasteiger partial charge is 0.394 e. The van der Waals surface area contributed by atoms with Gasteiger partial charge in [-0.2, -0.15) is 5.10 Å². The van der Waals surface area contributed by atoms with Crippen LogP contribution in [0.25, 0.3) is 0 Å². The van der Waals surface area contributed by atoms with Gasteiger partial charge in [0.05, 0.1) is 18.8 Å². The summed E-state index contributed by atoms with van der Waals surface area (Å²) in [7, 11) is 4.21. The second kappa shape index (κ2) is 7.20. The zero-order valence-corrected chi connectivity index (χ0v) is 13.8. The topological polar surface area (TPSA) is 53.3 Å². The standard InChI is InChI=1S/C15H30N4O/c1-12-14(13(2)19(17-12)7-8-20)9-16-10-15(3,4)11-18(5)6/h16,20H,7-11H2,1-6H3. The number of rotatable bonds is 8. The maximum Gasteiger partial charge on any atom is 0.0644 e. The van der Waals surface area contributed by atoms with Crippen LogP contribution in [0.3, 0.4) is 0 Å². The third kappa shape index (κ3) is 4.89. The molecule has 0 saturated carbocycles. The first-order valence-electron chi connectivity index (χ1n) is 7.26. The molecule has 1 rings (SSSR count). The number of hydrogen-bond acceptors (Lipinski definition) is 4.